The molecule has 0 bridgehead atoms. The number of nitrogens with zero attached hydrogens (tertiary/aromatic N) is 2. The van der Waals surface area contributed by atoms with E-state index in [1.807, 2.05) is 0 Å². The van der Waals surface area contributed by atoms with Crippen LogP contribution < -0.4 is 9.47 Å². The zero-order valence-corrected chi connectivity index (χ0v) is 18.8. The molecule has 0 aliphatic carbocycles. The van der Waals surface area contributed by atoms with Crippen molar-refractivity contribution in [3.63, 3.8) is 0 Å². The molecule has 10 heteroatoms. The lowest BCUT2D eigenvalue weighted by atomic mass is 10.2. The molecule has 0 spiro atoms. The molecule has 3 aromatic rings. The third-order valence-electron chi connectivity index (χ3n) is 5.60. The summed E-state index contributed by atoms with van der Waals surface area (Å²) in [7, 11) is -3.73. The number of halogens is 1. The summed E-state index contributed by atoms with van der Waals surface area (Å²) in [5.74, 6) is 0.396. The predicted molar refractivity (Wildman–Crippen MR) is 118 cm³/mol. The van der Waals surface area contributed by atoms with Crippen molar-refractivity contribution < 1.29 is 27.1 Å². The Bertz CT molecular complexity index is 1280. The SMILES string of the molecule is O=C(c1cc2c(F)cccc2s1)N1CCN(S(=O)(=O)c2ccc3c(c2)OCCCO3)CC1. The first-order valence-electron chi connectivity index (χ1n) is 10.3. The van der Waals surface area contributed by atoms with E-state index in [2.05, 4.69) is 0 Å². The Kier molecular flexibility index (Phi) is 5.52. The van der Waals surface area contributed by atoms with Gasteiger partial charge in [0.2, 0.25) is 10.0 Å². The monoisotopic (exact) mass is 476 g/mol. The van der Waals surface area contributed by atoms with E-state index in [1.54, 1.807) is 29.2 Å². The van der Waals surface area contributed by atoms with Crippen LogP contribution in [0.25, 0.3) is 10.1 Å². The Morgan fingerprint density at radius 3 is 2.47 bits per heavy atom. The summed E-state index contributed by atoms with van der Waals surface area (Å²) in [5.41, 5.74) is 0. The lowest BCUT2D eigenvalue weighted by Crippen LogP contribution is -2.50. The maximum atomic E-state index is 14.0. The van der Waals surface area contributed by atoms with E-state index < -0.39 is 10.0 Å². The largest absolute Gasteiger partial charge is 0.490 e. The number of benzene rings is 2. The Labute approximate surface area is 189 Å². The number of ether oxygens (including phenoxy) is 2. The quantitative estimate of drug-likeness (QED) is 0.580. The molecule has 2 aliphatic rings. The van der Waals surface area contributed by atoms with Gasteiger partial charge in [0.15, 0.2) is 11.5 Å². The number of carbonyl (C=O) groups excluding carboxylic acids is 1. The highest BCUT2D eigenvalue weighted by Crippen LogP contribution is 2.33. The zero-order valence-electron chi connectivity index (χ0n) is 17.1. The Morgan fingerprint density at radius 2 is 1.72 bits per heavy atom. The van der Waals surface area contributed by atoms with Gasteiger partial charge in [0.1, 0.15) is 5.82 Å². The summed E-state index contributed by atoms with van der Waals surface area (Å²) in [5, 5.41) is 0.427. The first kappa shape index (κ1) is 21.2. The second-order valence-electron chi connectivity index (χ2n) is 7.62. The van der Waals surface area contributed by atoms with Gasteiger partial charge in [0.05, 0.1) is 23.0 Å². The van der Waals surface area contributed by atoms with Crippen LogP contribution in [0.2, 0.25) is 0 Å². The number of piperazine rings is 1. The van der Waals surface area contributed by atoms with Crippen molar-refractivity contribution in [2.24, 2.45) is 0 Å². The standard InChI is InChI=1S/C22H21FN2O5S2/c23-17-3-1-4-20-16(17)14-21(31-20)22(26)24-7-9-25(10-8-24)32(27,28)15-5-6-18-19(13-15)30-12-2-11-29-18/h1,3-6,13-14H,2,7-12H2. The smallest absolute Gasteiger partial charge is 0.264 e. The number of sulfonamides is 1. The van der Waals surface area contributed by atoms with Crippen molar-refractivity contribution in [2.75, 3.05) is 39.4 Å². The van der Waals surface area contributed by atoms with Crippen LogP contribution in [0, 0.1) is 5.82 Å². The molecule has 3 heterocycles. The minimum Gasteiger partial charge on any atom is -0.490 e. The van der Waals surface area contributed by atoms with Crippen LogP contribution in [0.15, 0.2) is 47.4 Å². The third kappa shape index (κ3) is 3.82. The summed E-state index contributed by atoms with van der Waals surface area (Å²) in [6.07, 6.45) is 0.735. The average molecular weight is 477 g/mol. The van der Waals surface area contributed by atoms with Gasteiger partial charge in [-0.05, 0) is 30.3 Å². The molecule has 168 valence electrons. The molecule has 0 radical (unpaired) electrons. The number of fused-ring (bicyclic) bond motifs is 2. The van der Waals surface area contributed by atoms with Gasteiger partial charge in [-0.2, -0.15) is 4.31 Å². The number of thiophene rings is 1. The summed E-state index contributed by atoms with van der Waals surface area (Å²) in [6.45, 7) is 1.89. The number of amides is 1. The fourth-order valence-corrected chi connectivity index (χ4v) is 6.35. The number of hydrogen-bond acceptors (Lipinski definition) is 6. The van der Waals surface area contributed by atoms with Gasteiger partial charge in [-0.1, -0.05) is 6.07 Å². The molecule has 1 fully saturated rings. The van der Waals surface area contributed by atoms with Gasteiger partial charge in [0, 0.05) is 48.8 Å². The Hall–Kier alpha value is -2.69. The highest BCUT2D eigenvalue weighted by atomic mass is 32.2. The van der Waals surface area contributed by atoms with Crippen LogP contribution >= 0.6 is 11.3 Å². The predicted octanol–water partition coefficient (Wildman–Crippen LogP) is 3.35. The molecule has 5 rings (SSSR count). The van der Waals surface area contributed by atoms with E-state index in [0.29, 0.717) is 39.7 Å². The maximum Gasteiger partial charge on any atom is 0.264 e. The van der Waals surface area contributed by atoms with Crippen molar-refractivity contribution in [2.45, 2.75) is 11.3 Å². The fraction of sp³-hybridized carbons (Fsp3) is 0.318. The minimum absolute atomic E-state index is 0.140. The lowest BCUT2D eigenvalue weighted by Gasteiger charge is -2.33. The van der Waals surface area contributed by atoms with Crippen molar-refractivity contribution in [1.29, 1.82) is 0 Å². The normalized spacial score (nSPS) is 17.3. The van der Waals surface area contributed by atoms with Gasteiger partial charge >= 0.3 is 0 Å². The zero-order chi connectivity index (χ0) is 22.3. The lowest BCUT2D eigenvalue weighted by molar-refractivity contribution is 0.0703. The first-order valence-corrected chi connectivity index (χ1v) is 12.6. The molecule has 0 atom stereocenters. The second-order valence-corrected chi connectivity index (χ2v) is 10.6. The van der Waals surface area contributed by atoms with E-state index in [-0.39, 0.29) is 42.8 Å². The molecular formula is C22H21FN2O5S2. The van der Waals surface area contributed by atoms with E-state index >= 15 is 0 Å². The van der Waals surface area contributed by atoms with E-state index in [0.717, 1.165) is 6.42 Å². The van der Waals surface area contributed by atoms with Gasteiger partial charge < -0.3 is 14.4 Å². The summed E-state index contributed by atoms with van der Waals surface area (Å²) in [6, 6.07) is 11.0. The molecule has 0 saturated carbocycles. The number of rotatable bonds is 3. The van der Waals surface area contributed by atoms with Crippen LogP contribution in [-0.2, 0) is 10.0 Å². The van der Waals surface area contributed by atoms with Crippen molar-refractivity contribution >= 4 is 37.4 Å². The molecule has 1 saturated heterocycles. The number of carbonyl (C=O) groups is 1. The summed E-state index contributed by atoms with van der Waals surface area (Å²) >= 11 is 1.24. The Balaban J connectivity index is 1.30. The second kappa shape index (κ2) is 8.34. The van der Waals surface area contributed by atoms with E-state index in [1.165, 1.54) is 33.8 Å². The van der Waals surface area contributed by atoms with E-state index in [9.17, 15) is 17.6 Å². The molecule has 7 nitrogen and oxygen atoms in total. The molecule has 1 aromatic heterocycles. The maximum absolute atomic E-state index is 14.0. The molecule has 32 heavy (non-hydrogen) atoms. The molecule has 0 N–H and O–H groups in total. The van der Waals surface area contributed by atoms with Gasteiger partial charge in [-0.25, -0.2) is 12.8 Å². The van der Waals surface area contributed by atoms with Crippen LogP contribution in [0.4, 0.5) is 4.39 Å². The number of hydrogen-bond donors (Lipinski definition) is 0. The van der Waals surface area contributed by atoms with Crippen LogP contribution in [0.5, 0.6) is 11.5 Å². The molecule has 2 aliphatic heterocycles. The highest BCUT2D eigenvalue weighted by molar-refractivity contribution is 7.89. The summed E-state index contributed by atoms with van der Waals surface area (Å²) in [4.78, 5) is 15.1. The third-order valence-corrected chi connectivity index (χ3v) is 8.58. The molecule has 0 unspecified atom stereocenters. The van der Waals surface area contributed by atoms with Gasteiger partial charge in [-0.15, -0.1) is 11.3 Å². The van der Waals surface area contributed by atoms with Crippen molar-refractivity contribution in [3.05, 3.63) is 53.2 Å². The van der Waals surface area contributed by atoms with Gasteiger partial charge in [0.25, 0.3) is 5.91 Å². The van der Waals surface area contributed by atoms with Crippen LogP contribution in [0.1, 0.15) is 16.1 Å². The molecule has 2 aromatic carbocycles. The average Bonchev–Trinajstić information content (AvgIpc) is 3.11. The fourth-order valence-electron chi connectivity index (χ4n) is 3.87. The molecular weight excluding hydrogens is 455 g/mol. The van der Waals surface area contributed by atoms with Gasteiger partial charge in [-0.3, -0.25) is 4.79 Å². The first-order chi connectivity index (χ1) is 15.4. The van der Waals surface area contributed by atoms with Crippen LogP contribution in [0.3, 0.4) is 0 Å². The molecule has 1 amide bonds. The highest BCUT2D eigenvalue weighted by Gasteiger charge is 2.32. The van der Waals surface area contributed by atoms with E-state index in [4.69, 9.17) is 9.47 Å². The topological polar surface area (TPSA) is 76.2 Å². The minimum atomic E-state index is -3.73. The van der Waals surface area contributed by atoms with Crippen molar-refractivity contribution in [3.8, 4) is 11.5 Å². The van der Waals surface area contributed by atoms with Crippen molar-refractivity contribution in [1.82, 2.24) is 9.21 Å². The van der Waals surface area contributed by atoms with Crippen LogP contribution in [-0.4, -0.2) is 62.9 Å². The Morgan fingerprint density at radius 1 is 0.969 bits per heavy atom. The summed E-state index contributed by atoms with van der Waals surface area (Å²) < 4.78 is 53.5.